The topological polar surface area (TPSA) is 57.2 Å². The molecule has 2 aromatic rings. The average Bonchev–Trinajstić information content (AvgIpc) is 3.18. The molecule has 178 valence electrons. The Labute approximate surface area is 204 Å². The number of carbonyl (C=O) groups excluding carboxylic acids is 1. The minimum atomic E-state index is -0.464. The highest BCUT2D eigenvalue weighted by Crippen LogP contribution is 2.62. The third kappa shape index (κ3) is 3.27. The molecule has 7 heteroatoms. The van der Waals surface area contributed by atoms with Crippen LogP contribution in [0, 0.1) is 5.92 Å². The molecule has 0 saturated carbocycles. The monoisotopic (exact) mass is 481 g/mol. The van der Waals surface area contributed by atoms with Gasteiger partial charge in [0.05, 0.1) is 6.42 Å². The molecule has 6 nitrogen and oxygen atoms in total. The molecule has 6 rings (SSSR count). The van der Waals surface area contributed by atoms with E-state index < -0.39 is 6.10 Å². The van der Waals surface area contributed by atoms with E-state index in [-0.39, 0.29) is 30.7 Å². The molecule has 0 aromatic heterocycles. The minimum absolute atomic E-state index is 0.152. The van der Waals surface area contributed by atoms with Gasteiger partial charge >= 0.3 is 5.97 Å². The highest BCUT2D eigenvalue weighted by Gasteiger charge is 2.65. The summed E-state index contributed by atoms with van der Waals surface area (Å²) in [6.45, 7) is 1.13. The quantitative estimate of drug-likeness (QED) is 0.354. The number of carbonyl (C=O) groups is 1. The number of likely N-dealkylation sites (tertiary alicyclic amines) is 1. The van der Waals surface area contributed by atoms with Crippen LogP contribution in [0.25, 0.3) is 0 Å². The summed E-state index contributed by atoms with van der Waals surface area (Å²) in [6, 6.07) is 11.8. The normalized spacial score (nSPS) is 30.4. The van der Waals surface area contributed by atoms with E-state index in [0.29, 0.717) is 22.7 Å². The fourth-order valence-corrected chi connectivity index (χ4v) is 6.63. The maximum absolute atomic E-state index is 12.9. The summed E-state index contributed by atoms with van der Waals surface area (Å²) in [4.78, 5) is 15.4. The zero-order valence-electron chi connectivity index (χ0n) is 19.3. The van der Waals surface area contributed by atoms with Gasteiger partial charge in [0.25, 0.3) is 0 Å². The first-order valence-electron chi connectivity index (χ1n) is 11.8. The highest BCUT2D eigenvalue weighted by molar-refractivity contribution is 6.30. The minimum Gasteiger partial charge on any atom is -0.481 e. The highest BCUT2D eigenvalue weighted by atomic mass is 35.5. The standard InChI is InChI=1S/C27H28ClNO5/c1-29-12-11-27-19-8-10-22(33-23(30)13-16-3-6-18(28)7-4-16)26(27)34-25-21(32-15-31-2)9-5-17(24(25)27)14-20(19)29/h3-10,19-20,22,26H,11-15H2,1-2H3/t19-,20+,22-,26-,27-/m0/s1. The average molecular weight is 482 g/mol. The Bertz CT molecular complexity index is 1150. The van der Waals surface area contributed by atoms with E-state index in [9.17, 15) is 4.79 Å². The number of methoxy groups -OCH3 is 1. The fourth-order valence-electron chi connectivity index (χ4n) is 6.51. The molecule has 2 aliphatic carbocycles. The van der Waals surface area contributed by atoms with Crippen LogP contribution in [0.15, 0.2) is 48.6 Å². The summed E-state index contributed by atoms with van der Waals surface area (Å²) in [7, 11) is 3.81. The van der Waals surface area contributed by atoms with Crippen LogP contribution in [-0.2, 0) is 32.5 Å². The third-order valence-corrected chi connectivity index (χ3v) is 8.23. The summed E-state index contributed by atoms with van der Waals surface area (Å²) in [6.07, 6.45) is 5.66. The van der Waals surface area contributed by atoms with E-state index >= 15 is 0 Å². The molecule has 0 radical (unpaired) electrons. The number of hydrogen-bond acceptors (Lipinski definition) is 6. The zero-order chi connectivity index (χ0) is 23.4. The number of ether oxygens (including phenoxy) is 4. The molecule has 4 aliphatic rings. The van der Waals surface area contributed by atoms with Crippen LogP contribution in [0.5, 0.6) is 11.5 Å². The smallest absolute Gasteiger partial charge is 0.310 e. The van der Waals surface area contributed by atoms with Crippen molar-refractivity contribution in [1.29, 1.82) is 0 Å². The van der Waals surface area contributed by atoms with E-state index in [1.165, 1.54) is 11.1 Å². The number of piperidine rings is 1. The predicted molar refractivity (Wildman–Crippen MR) is 127 cm³/mol. The SMILES string of the molecule is COCOc1ccc2c3c1O[C@H]1[C@@H](OC(=O)Cc4ccc(Cl)cc4)C=C[C@H]4[C@@H](C2)N(C)CC[C@@]341. The first-order chi connectivity index (χ1) is 16.5. The van der Waals surface area contributed by atoms with Crippen molar-refractivity contribution in [2.45, 2.75) is 42.9 Å². The molecular formula is C27H28ClNO5. The van der Waals surface area contributed by atoms with Crippen LogP contribution in [0.2, 0.25) is 5.02 Å². The van der Waals surface area contributed by atoms with Crippen molar-refractivity contribution in [1.82, 2.24) is 4.90 Å². The summed E-state index contributed by atoms with van der Waals surface area (Å²) in [5, 5.41) is 0.644. The second-order valence-electron chi connectivity index (χ2n) is 9.73. The Morgan fingerprint density at radius 2 is 2.03 bits per heavy atom. The second-order valence-corrected chi connectivity index (χ2v) is 10.2. The molecule has 2 heterocycles. The molecule has 1 spiro atoms. The Balaban J connectivity index is 1.35. The van der Waals surface area contributed by atoms with Gasteiger partial charge in [-0.25, -0.2) is 0 Å². The lowest BCUT2D eigenvalue weighted by atomic mass is 9.53. The van der Waals surface area contributed by atoms with Crippen LogP contribution < -0.4 is 9.47 Å². The van der Waals surface area contributed by atoms with E-state index in [1.54, 1.807) is 19.2 Å². The molecule has 1 saturated heterocycles. The Hall–Kier alpha value is -2.54. The van der Waals surface area contributed by atoms with Crippen LogP contribution in [0.4, 0.5) is 0 Å². The van der Waals surface area contributed by atoms with Gasteiger partial charge in [-0.2, -0.15) is 0 Å². The molecule has 2 bridgehead atoms. The molecule has 5 atom stereocenters. The van der Waals surface area contributed by atoms with Crippen LogP contribution >= 0.6 is 11.6 Å². The molecule has 34 heavy (non-hydrogen) atoms. The fraction of sp³-hybridized carbons (Fsp3) is 0.444. The van der Waals surface area contributed by atoms with Crippen LogP contribution in [-0.4, -0.2) is 56.6 Å². The molecular weight excluding hydrogens is 454 g/mol. The Morgan fingerprint density at radius 3 is 2.82 bits per heavy atom. The van der Waals surface area contributed by atoms with Gasteiger partial charge in [0, 0.05) is 35.1 Å². The number of halogens is 1. The van der Waals surface area contributed by atoms with Crippen LogP contribution in [0.1, 0.15) is 23.1 Å². The van der Waals surface area contributed by atoms with E-state index in [1.807, 2.05) is 24.3 Å². The van der Waals surface area contributed by atoms with Crippen molar-refractivity contribution in [2.24, 2.45) is 5.92 Å². The van der Waals surface area contributed by atoms with E-state index in [0.717, 1.165) is 30.7 Å². The molecule has 0 amide bonds. The van der Waals surface area contributed by atoms with E-state index in [4.69, 9.17) is 30.5 Å². The molecule has 2 aromatic carbocycles. The summed E-state index contributed by atoms with van der Waals surface area (Å²) in [5.41, 5.74) is 3.18. The van der Waals surface area contributed by atoms with Gasteiger partial charge in [0.15, 0.2) is 24.4 Å². The van der Waals surface area contributed by atoms with Crippen molar-refractivity contribution in [2.75, 3.05) is 27.5 Å². The van der Waals surface area contributed by atoms with Crippen molar-refractivity contribution >= 4 is 17.6 Å². The van der Waals surface area contributed by atoms with E-state index in [2.05, 4.69) is 24.1 Å². The van der Waals surface area contributed by atoms with Crippen LogP contribution in [0.3, 0.4) is 0 Å². The van der Waals surface area contributed by atoms with Crippen molar-refractivity contribution in [3.8, 4) is 11.5 Å². The third-order valence-electron chi connectivity index (χ3n) is 7.98. The van der Waals surface area contributed by atoms with Gasteiger partial charge in [-0.05, 0) is 61.8 Å². The van der Waals surface area contributed by atoms with Crippen molar-refractivity contribution in [3.63, 3.8) is 0 Å². The molecule has 0 unspecified atom stereocenters. The van der Waals surface area contributed by atoms with Gasteiger partial charge < -0.3 is 23.8 Å². The van der Waals surface area contributed by atoms with Gasteiger partial charge in [-0.1, -0.05) is 35.9 Å². The van der Waals surface area contributed by atoms with Gasteiger partial charge in [-0.15, -0.1) is 0 Å². The largest absolute Gasteiger partial charge is 0.481 e. The van der Waals surface area contributed by atoms with Gasteiger partial charge in [0.2, 0.25) is 0 Å². The summed E-state index contributed by atoms with van der Waals surface area (Å²) < 4.78 is 23.8. The predicted octanol–water partition coefficient (Wildman–Crippen LogP) is 3.92. The van der Waals surface area contributed by atoms with Crippen molar-refractivity contribution in [3.05, 3.63) is 70.3 Å². The Kier molecular flexibility index (Phi) is 5.36. The maximum atomic E-state index is 12.9. The Morgan fingerprint density at radius 1 is 1.21 bits per heavy atom. The number of rotatable bonds is 6. The summed E-state index contributed by atoms with van der Waals surface area (Å²) in [5.74, 6) is 1.50. The zero-order valence-corrected chi connectivity index (χ0v) is 20.1. The lowest BCUT2D eigenvalue weighted by molar-refractivity contribution is -0.154. The molecule has 1 fully saturated rings. The van der Waals surface area contributed by atoms with Gasteiger partial charge in [-0.3, -0.25) is 4.79 Å². The number of benzene rings is 2. The first-order valence-corrected chi connectivity index (χ1v) is 12.2. The van der Waals surface area contributed by atoms with Gasteiger partial charge in [0.1, 0.15) is 6.10 Å². The number of nitrogens with zero attached hydrogens (tertiary/aromatic N) is 1. The lowest BCUT2D eigenvalue weighted by Gasteiger charge is -2.56. The number of esters is 1. The molecule has 2 aliphatic heterocycles. The first kappa shape index (κ1) is 22.0. The van der Waals surface area contributed by atoms with Crippen molar-refractivity contribution < 1.29 is 23.7 Å². The number of hydrogen-bond donors (Lipinski definition) is 0. The maximum Gasteiger partial charge on any atom is 0.310 e. The summed E-state index contributed by atoms with van der Waals surface area (Å²) >= 11 is 5.98. The second kappa shape index (κ2) is 8.29. The number of likely N-dealkylation sites (N-methyl/N-ethyl adjacent to an activating group) is 1. The lowest BCUT2D eigenvalue weighted by Crippen LogP contribution is -2.65. The molecule has 0 N–H and O–H groups in total.